The van der Waals surface area contributed by atoms with Crippen LogP contribution in [0.5, 0.6) is 0 Å². The molecule has 0 unspecified atom stereocenters. The van der Waals surface area contributed by atoms with Gasteiger partial charge in [-0.3, -0.25) is 9.59 Å². The first-order valence-electron chi connectivity index (χ1n) is 9.72. The van der Waals surface area contributed by atoms with Gasteiger partial charge in [0.1, 0.15) is 6.33 Å². The number of ketones is 1. The van der Waals surface area contributed by atoms with Crippen LogP contribution >= 0.6 is 23.1 Å². The minimum atomic E-state index is -0.183. The molecule has 0 saturated carbocycles. The van der Waals surface area contributed by atoms with Gasteiger partial charge in [-0.1, -0.05) is 36.0 Å². The largest absolute Gasteiger partial charge is 0.322 e. The minimum absolute atomic E-state index is 0.00116. The third kappa shape index (κ3) is 5.68. The van der Waals surface area contributed by atoms with Gasteiger partial charge in [-0.05, 0) is 54.3 Å². The molecule has 156 valence electrons. The van der Waals surface area contributed by atoms with E-state index in [-0.39, 0.29) is 17.4 Å². The maximum Gasteiger partial charge on any atom is 0.255 e. The van der Waals surface area contributed by atoms with Gasteiger partial charge in [-0.25, -0.2) is 0 Å². The first kappa shape index (κ1) is 21.0. The molecule has 1 N–H and O–H groups in total. The van der Waals surface area contributed by atoms with Crippen LogP contribution in [0, 0.1) is 0 Å². The van der Waals surface area contributed by atoms with Crippen molar-refractivity contribution >= 4 is 40.5 Å². The number of thiophene rings is 1. The lowest BCUT2D eigenvalue weighted by Gasteiger charge is -2.07. The van der Waals surface area contributed by atoms with Gasteiger partial charge in [0, 0.05) is 28.2 Å². The van der Waals surface area contributed by atoms with Crippen molar-refractivity contribution < 1.29 is 9.59 Å². The quantitative estimate of drug-likeness (QED) is 0.294. The van der Waals surface area contributed by atoms with Gasteiger partial charge in [0.25, 0.3) is 5.91 Å². The molecule has 0 saturated heterocycles. The molecule has 0 aliphatic heterocycles. The van der Waals surface area contributed by atoms with E-state index in [0.29, 0.717) is 16.8 Å². The number of carbonyl (C=O) groups is 2. The molecule has 0 fully saturated rings. The van der Waals surface area contributed by atoms with E-state index in [4.69, 9.17) is 0 Å². The molecule has 4 aromatic rings. The van der Waals surface area contributed by atoms with Crippen LogP contribution in [0.2, 0.25) is 0 Å². The fourth-order valence-electron chi connectivity index (χ4n) is 2.94. The number of anilines is 1. The van der Waals surface area contributed by atoms with Crippen molar-refractivity contribution in [2.75, 3.05) is 11.1 Å². The van der Waals surface area contributed by atoms with E-state index >= 15 is 0 Å². The lowest BCUT2D eigenvalue weighted by atomic mass is 10.1. The fourth-order valence-corrected chi connectivity index (χ4v) is 4.47. The van der Waals surface area contributed by atoms with Crippen LogP contribution in [0.25, 0.3) is 0 Å². The van der Waals surface area contributed by atoms with E-state index in [1.54, 1.807) is 54.1 Å². The molecule has 1 amide bonds. The summed E-state index contributed by atoms with van der Waals surface area (Å²) in [6.07, 6.45) is 2.61. The summed E-state index contributed by atoms with van der Waals surface area (Å²) in [5.74, 6) is 0.0869. The Morgan fingerprint density at radius 2 is 1.77 bits per heavy atom. The van der Waals surface area contributed by atoms with Crippen LogP contribution in [0.1, 0.15) is 25.6 Å². The number of rotatable bonds is 9. The zero-order valence-corrected chi connectivity index (χ0v) is 18.2. The number of Topliss-reactive ketones (excluding diaryl/α,β-unsaturated/α-hetero) is 1. The Balaban J connectivity index is 1.30. The molecule has 2 heterocycles. The molecule has 31 heavy (non-hydrogen) atoms. The molecular weight excluding hydrogens is 428 g/mol. The van der Waals surface area contributed by atoms with Crippen LogP contribution in [0.15, 0.2) is 83.6 Å². The summed E-state index contributed by atoms with van der Waals surface area (Å²) in [4.78, 5) is 26.1. The number of benzene rings is 2. The number of thioether (sulfide) groups is 1. The van der Waals surface area contributed by atoms with Crippen LogP contribution in [-0.4, -0.2) is 32.2 Å². The molecule has 0 radical (unpaired) electrons. The second kappa shape index (κ2) is 10.2. The number of nitrogens with one attached hydrogen (secondary N) is 1. The van der Waals surface area contributed by atoms with Crippen LogP contribution in [0.4, 0.5) is 5.69 Å². The Labute approximate surface area is 188 Å². The van der Waals surface area contributed by atoms with E-state index in [0.717, 1.165) is 18.1 Å². The molecular formula is C23H20N4O2S2. The van der Waals surface area contributed by atoms with Gasteiger partial charge in [0.05, 0.1) is 5.75 Å². The summed E-state index contributed by atoms with van der Waals surface area (Å²) < 4.78 is 1.97. The predicted octanol–water partition coefficient (Wildman–Crippen LogP) is 4.81. The number of hydrogen-bond acceptors (Lipinski definition) is 6. The van der Waals surface area contributed by atoms with Crippen molar-refractivity contribution in [1.29, 1.82) is 0 Å². The second-order valence-corrected chi connectivity index (χ2v) is 8.72. The highest BCUT2D eigenvalue weighted by Gasteiger charge is 2.12. The topological polar surface area (TPSA) is 76.9 Å². The molecule has 4 rings (SSSR count). The summed E-state index contributed by atoms with van der Waals surface area (Å²) in [5.41, 5.74) is 1.82. The molecule has 0 bridgehead atoms. The number of nitrogens with zero attached hydrogens (tertiary/aromatic N) is 3. The molecule has 0 aliphatic carbocycles. The monoisotopic (exact) mass is 448 g/mol. The number of aromatic nitrogens is 3. The van der Waals surface area contributed by atoms with E-state index in [1.165, 1.54) is 16.6 Å². The molecule has 8 heteroatoms. The third-order valence-electron chi connectivity index (χ3n) is 4.59. The minimum Gasteiger partial charge on any atom is -0.322 e. The SMILES string of the molecule is O=C(CSc1nncn1CCc1cccs1)c1ccc(NC(=O)c2ccccc2)cc1. The Kier molecular flexibility index (Phi) is 6.91. The molecule has 0 atom stereocenters. The highest BCUT2D eigenvalue weighted by molar-refractivity contribution is 7.99. The Morgan fingerprint density at radius 1 is 0.968 bits per heavy atom. The van der Waals surface area contributed by atoms with E-state index in [1.807, 2.05) is 28.8 Å². The number of amides is 1. The van der Waals surface area contributed by atoms with Crippen molar-refractivity contribution in [3.05, 3.63) is 94.4 Å². The Bertz CT molecular complexity index is 1140. The number of hydrogen-bond donors (Lipinski definition) is 1. The maximum atomic E-state index is 12.6. The van der Waals surface area contributed by atoms with E-state index in [2.05, 4.69) is 27.0 Å². The second-order valence-electron chi connectivity index (χ2n) is 6.75. The first-order chi connectivity index (χ1) is 15.2. The zero-order chi connectivity index (χ0) is 21.5. The Morgan fingerprint density at radius 3 is 2.52 bits per heavy atom. The molecule has 2 aromatic heterocycles. The lowest BCUT2D eigenvalue weighted by Crippen LogP contribution is -2.12. The van der Waals surface area contributed by atoms with E-state index in [9.17, 15) is 9.59 Å². The number of carbonyl (C=O) groups excluding carboxylic acids is 2. The Hall–Kier alpha value is -3.23. The van der Waals surface area contributed by atoms with Gasteiger partial charge >= 0.3 is 0 Å². The fraction of sp³-hybridized carbons (Fsp3) is 0.130. The standard InChI is InChI=1S/C23H20N4O2S2/c28-21(15-31-23-26-24-16-27(23)13-12-20-7-4-14-30-20)17-8-10-19(11-9-17)25-22(29)18-5-2-1-3-6-18/h1-11,14,16H,12-13,15H2,(H,25,29). The van der Waals surface area contributed by atoms with Crippen molar-refractivity contribution in [1.82, 2.24) is 14.8 Å². The van der Waals surface area contributed by atoms with Gasteiger partial charge < -0.3 is 9.88 Å². The van der Waals surface area contributed by atoms with Gasteiger partial charge in [-0.2, -0.15) is 0 Å². The van der Waals surface area contributed by atoms with Gasteiger partial charge in [-0.15, -0.1) is 21.5 Å². The summed E-state index contributed by atoms with van der Waals surface area (Å²) in [6.45, 7) is 0.778. The van der Waals surface area contributed by atoms with E-state index < -0.39 is 0 Å². The molecule has 0 aliphatic rings. The molecule has 2 aromatic carbocycles. The summed E-state index contributed by atoms with van der Waals surface area (Å²) in [6, 6.07) is 20.1. The first-order valence-corrected chi connectivity index (χ1v) is 11.6. The normalized spacial score (nSPS) is 10.7. The van der Waals surface area contributed by atoms with Crippen LogP contribution in [-0.2, 0) is 13.0 Å². The highest BCUT2D eigenvalue weighted by atomic mass is 32.2. The number of aryl methyl sites for hydroxylation is 2. The van der Waals surface area contributed by atoms with Crippen molar-refractivity contribution in [2.24, 2.45) is 0 Å². The maximum absolute atomic E-state index is 12.6. The highest BCUT2D eigenvalue weighted by Crippen LogP contribution is 2.19. The van der Waals surface area contributed by atoms with Gasteiger partial charge in [0.15, 0.2) is 10.9 Å². The van der Waals surface area contributed by atoms with Crippen molar-refractivity contribution in [3.63, 3.8) is 0 Å². The average Bonchev–Trinajstić information content (AvgIpc) is 3.49. The average molecular weight is 449 g/mol. The summed E-state index contributed by atoms with van der Waals surface area (Å²) >= 11 is 3.11. The predicted molar refractivity (Wildman–Crippen MR) is 124 cm³/mol. The van der Waals surface area contributed by atoms with Crippen molar-refractivity contribution in [3.8, 4) is 0 Å². The summed E-state index contributed by atoms with van der Waals surface area (Å²) in [7, 11) is 0. The summed E-state index contributed by atoms with van der Waals surface area (Å²) in [5, 5.41) is 13.8. The third-order valence-corrected chi connectivity index (χ3v) is 6.51. The van der Waals surface area contributed by atoms with Crippen LogP contribution < -0.4 is 5.32 Å². The van der Waals surface area contributed by atoms with Crippen LogP contribution in [0.3, 0.4) is 0 Å². The molecule has 0 spiro atoms. The zero-order valence-electron chi connectivity index (χ0n) is 16.6. The van der Waals surface area contributed by atoms with Gasteiger partial charge in [0.2, 0.25) is 0 Å². The van der Waals surface area contributed by atoms with Crippen molar-refractivity contribution in [2.45, 2.75) is 18.1 Å². The lowest BCUT2D eigenvalue weighted by molar-refractivity contribution is 0.101. The molecule has 6 nitrogen and oxygen atoms in total. The smallest absolute Gasteiger partial charge is 0.255 e.